The molecule has 0 aromatic heterocycles. The van der Waals surface area contributed by atoms with Gasteiger partial charge >= 0.3 is 0 Å². The van der Waals surface area contributed by atoms with Crippen LogP contribution in [0.1, 0.15) is 40.5 Å². The van der Waals surface area contributed by atoms with E-state index in [-0.39, 0.29) is 11.8 Å². The van der Waals surface area contributed by atoms with Gasteiger partial charge in [0, 0.05) is 23.9 Å². The van der Waals surface area contributed by atoms with Gasteiger partial charge in [-0.25, -0.2) is 0 Å². The van der Waals surface area contributed by atoms with Crippen molar-refractivity contribution >= 4 is 0 Å². The highest BCUT2D eigenvalue weighted by molar-refractivity contribution is 4.85. The third kappa shape index (κ3) is 6.94. The quantitative estimate of drug-likeness (QED) is 0.727. The van der Waals surface area contributed by atoms with Gasteiger partial charge in [-0.2, -0.15) is 10.5 Å². The van der Waals surface area contributed by atoms with E-state index in [9.17, 15) is 0 Å². The molecule has 15 heavy (non-hydrogen) atoms. The van der Waals surface area contributed by atoms with Gasteiger partial charge in [-0.05, 0) is 40.5 Å². The highest BCUT2D eigenvalue weighted by Crippen LogP contribution is 2.08. The van der Waals surface area contributed by atoms with Gasteiger partial charge in [0.2, 0.25) is 0 Å². The van der Waals surface area contributed by atoms with E-state index in [1.807, 2.05) is 13.8 Å². The van der Waals surface area contributed by atoms with E-state index in [0.29, 0.717) is 12.1 Å². The second-order valence-corrected chi connectivity index (χ2v) is 4.50. The lowest BCUT2D eigenvalue weighted by Crippen LogP contribution is -2.36. The molecule has 1 N–H and O–H groups in total. The van der Waals surface area contributed by atoms with Crippen LogP contribution in [0, 0.1) is 34.5 Å². The molecule has 0 saturated heterocycles. The summed E-state index contributed by atoms with van der Waals surface area (Å²) in [6.45, 7) is 8.03. The molecule has 0 aliphatic rings. The number of nitriles is 2. The monoisotopic (exact) mass is 207 g/mol. The number of hydrogen-bond donors (Lipinski definition) is 1. The maximum atomic E-state index is 8.68. The molecule has 0 bridgehead atoms. The Labute approximate surface area is 93.1 Å². The topological polar surface area (TPSA) is 59.6 Å². The largest absolute Gasteiger partial charge is 0.312 e. The lowest BCUT2D eigenvalue weighted by molar-refractivity contribution is 0.387. The van der Waals surface area contributed by atoms with Crippen LogP contribution in [0.5, 0.6) is 0 Å². The van der Waals surface area contributed by atoms with Gasteiger partial charge in [0.05, 0.1) is 12.1 Å². The van der Waals surface area contributed by atoms with Crippen LogP contribution in [0.2, 0.25) is 0 Å². The van der Waals surface area contributed by atoms with Crippen LogP contribution in [-0.2, 0) is 0 Å². The summed E-state index contributed by atoms with van der Waals surface area (Å²) in [6, 6.07) is 5.13. The molecule has 0 fully saturated rings. The molecule has 0 rings (SSSR count). The zero-order valence-electron chi connectivity index (χ0n) is 10.1. The highest BCUT2D eigenvalue weighted by atomic mass is 14.9. The van der Waals surface area contributed by atoms with Crippen molar-refractivity contribution in [3.63, 3.8) is 0 Å². The Bertz CT molecular complexity index is 223. The van der Waals surface area contributed by atoms with Crippen LogP contribution in [0.25, 0.3) is 0 Å². The number of hydrogen-bond acceptors (Lipinski definition) is 3. The molecule has 3 nitrogen and oxygen atoms in total. The molecule has 0 aromatic carbocycles. The van der Waals surface area contributed by atoms with Crippen molar-refractivity contribution in [3.05, 3.63) is 0 Å². The predicted octanol–water partition coefficient (Wildman–Crippen LogP) is 2.45. The molecule has 0 amide bonds. The summed E-state index contributed by atoms with van der Waals surface area (Å²) in [5.41, 5.74) is 0. The van der Waals surface area contributed by atoms with Crippen molar-refractivity contribution in [2.45, 2.75) is 52.6 Å². The van der Waals surface area contributed by atoms with E-state index in [1.165, 1.54) is 0 Å². The van der Waals surface area contributed by atoms with Crippen molar-refractivity contribution in [2.75, 3.05) is 0 Å². The Morgan fingerprint density at radius 3 is 1.47 bits per heavy atom. The zero-order chi connectivity index (χ0) is 11.8. The standard InChI is InChI=1S/C12H21N3/c1-9(7-13)5-11(3)15-12(4)6-10(2)8-14/h9-12,15H,5-6H2,1-4H3. The minimum atomic E-state index is 0.0908. The molecule has 84 valence electrons. The van der Waals surface area contributed by atoms with Gasteiger partial charge in [-0.3, -0.25) is 0 Å². The summed E-state index contributed by atoms with van der Waals surface area (Å²) in [4.78, 5) is 0. The Morgan fingerprint density at radius 2 is 1.20 bits per heavy atom. The van der Waals surface area contributed by atoms with Gasteiger partial charge in [-0.15, -0.1) is 0 Å². The SMILES string of the molecule is CC(C#N)CC(C)NC(C)CC(C)C#N. The Morgan fingerprint density at radius 1 is 0.867 bits per heavy atom. The predicted molar refractivity (Wildman–Crippen MR) is 60.8 cm³/mol. The molecule has 0 aliphatic carbocycles. The van der Waals surface area contributed by atoms with Crippen molar-refractivity contribution in [1.82, 2.24) is 5.32 Å². The van der Waals surface area contributed by atoms with E-state index < -0.39 is 0 Å². The first-order chi connectivity index (χ1) is 6.99. The number of nitrogens with zero attached hydrogens (tertiary/aromatic N) is 2. The normalized spacial score (nSPS) is 18.3. The summed E-state index contributed by atoms with van der Waals surface area (Å²) in [5.74, 6) is 0.182. The van der Waals surface area contributed by atoms with Gasteiger partial charge in [0.25, 0.3) is 0 Å². The van der Waals surface area contributed by atoms with Crippen molar-refractivity contribution in [1.29, 1.82) is 10.5 Å². The van der Waals surface area contributed by atoms with Crippen molar-refractivity contribution < 1.29 is 0 Å². The van der Waals surface area contributed by atoms with Crippen LogP contribution in [0.15, 0.2) is 0 Å². The van der Waals surface area contributed by atoms with E-state index in [2.05, 4.69) is 31.3 Å². The highest BCUT2D eigenvalue weighted by Gasteiger charge is 2.12. The van der Waals surface area contributed by atoms with Crippen molar-refractivity contribution in [3.8, 4) is 12.1 Å². The fourth-order valence-corrected chi connectivity index (χ4v) is 1.79. The van der Waals surface area contributed by atoms with Gasteiger partial charge in [0.15, 0.2) is 0 Å². The molecule has 0 radical (unpaired) electrons. The summed E-state index contributed by atoms with van der Waals surface area (Å²) in [7, 11) is 0. The average molecular weight is 207 g/mol. The summed E-state index contributed by atoms with van der Waals surface area (Å²) >= 11 is 0. The fourth-order valence-electron chi connectivity index (χ4n) is 1.79. The maximum Gasteiger partial charge on any atom is 0.0653 e. The van der Waals surface area contributed by atoms with E-state index in [0.717, 1.165) is 12.8 Å². The van der Waals surface area contributed by atoms with Crippen LogP contribution in [0.3, 0.4) is 0 Å². The molecular formula is C12H21N3. The molecule has 0 aliphatic heterocycles. The van der Waals surface area contributed by atoms with Crippen LogP contribution in [-0.4, -0.2) is 12.1 Å². The number of nitrogens with one attached hydrogen (secondary N) is 1. The summed E-state index contributed by atoms with van der Waals surface area (Å²) in [5, 5.41) is 20.8. The smallest absolute Gasteiger partial charge is 0.0653 e. The number of rotatable bonds is 6. The minimum Gasteiger partial charge on any atom is -0.312 e. The molecule has 4 atom stereocenters. The van der Waals surface area contributed by atoms with E-state index in [1.54, 1.807) is 0 Å². The molecule has 0 spiro atoms. The second kappa shape index (κ2) is 7.26. The van der Waals surface area contributed by atoms with E-state index >= 15 is 0 Å². The Balaban J connectivity index is 3.82. The van der Waals surface area contributed by atoms with Crippen LogP contribution >= 0.6 is 0 Å². The lowest BCUT2D eigenvalue weighted by atomic mass is 10.0. The lowest BCUT2D eigenvalue weighted by Gasteiger charge is -2.21. The molecule has 0 saturated carbocycles. The zero-order valence-corrected chi connectivity index (χ0v) is 10.1. The van der Waals surface area contributed by atoms with Gasteiger partial charge in [0.1, 0.15) is 0 Å². The Hall–Kier alpha value is -1.06. The van der Waals surface area contributed by atoms with Crippen LogP contribution < -0.4 is 5.32 Å². The van der Waals surface area contributed by atoms with Gasteiger partial charge in [-0.1, -0.05) is 0 Å². The van der Waals surface area contributed by atoms with E-state index in [4.69, 9.17) is 10.5 Å². The molecule has 0 aromatic rings. The third-order valence-corrected chi connectivity index (χ3v) is 2.42. The average Bonchev–Trinajstić information content (AvgIpc) is 2.16. The molecular weight excluding hydrogens is 186 g/mol. The summed E-state index contributed by atoms with van der Waals surface area (Å²) in [6.07, 6.45) is 1.73. The van der Waals surface area contributed by atoms with Gasteiger partial charge < -0.3 is 5.32 Å². The Kier molecular flexibility index (Phi) is 6.75. The second-order valence-electron chi connectivity index (χ2n) is 4.50. The molecule has 4 unspecified atom stereocenters. The minimum absolute atomic E-state index is 0.0908. The first-order valence-electron chi connectivity index (χ1n) is 5.54. The van der Waals surface area contributed by atoms with Crippen LogP contribution in [0.4, 0.5) is 0 Å². The first kappa shape index (κ1) is 13.9. The first-order valence-corrected chi connectivity index (χ1v) is 5.54. The third-order valence-electron chi connectivity index (χ3n) is 2.42. The maximum absolute atomic E-state index is 8.68. The molecule has 3 heteroatoms. The fraction of sp³-hybridized carbons (Fsp3) is 0.833. The summed E-state index contributed by atoms with van der Waals surface area (Å²) < 4.78 is 0. The van der Waals surface area contributed by atoms with Crippen molar-refractivity contribution in [2.24, 2.45) is 11.8 Å². The molecule has 0 heterocycles.